The highest BCUT2D eigenvalue weighted by atomic mass is 79.9. The molecule has 0 spiro atoms. The van der Waals surface area contributed by atoms with Crippen molar-refractivity contribution in [1.82, 2.24) is 0 Å². The fourth-order valence-electron chi connectivity index (χ4n) is 0.927. The van der Waals surface area contributed by atoms with Gasteiger partial charge in [0, 0.05) is 4.47 Å². The van der Waals surface area contributed by atoms with Gasteiger partial charge in [-0.15, -0.1) is 12.4 Å². The minimum atomic E-state index is 0. The van der Waals surface area contributed by atoms with Gasteiger partial charge in [-0.25, -0.2) is 0 Å². The zero-order valence-electron chi connectivity index (χ0n) is 6.96. The van der Waals surface area contributed by atoms with E-state index in [1.807, 2.05) is 12.1 Å². The van der Waals surface area contributed by atoms with Gasteiger partial charge in [-0.1, -0.05) is 35.0 Å². The Bertz CT molecular complexity index is 222. The molecule has 1 aromatic carbocycles. The van der Waals surface area contributed by atoms with Gasteiger partial charge in [-0.05, 0) is 30.2 Å². The van der Waals surface area contributed by atoms with Crippen LogP contribution in [0, 0.1) is 0 Å². The Kier molecular flexibility index (Phi) is 5.55. The summed E-state index contributed by atoms with van der Waals surface area (Å²) in [4.78, 5) is 0. The van der Waals surface area contributed by atoms with Crippen molar-refractivity contribution >= 4 is 28.3 Å². The van der Waals surface area contributed by atoms with Crippen molar-refractivity contribution in [3.63, 3.8) is 0 Å². The molecule has 1 rings (SSSR count). The van der Waals surface area contributed by atoms with E-state index in [9.17, 15) is 0 Å². The predicted octanol–water partition coefficient (Wildman–Crippen LogP) is 2.93. The summed E-state index contributed by atoms with van der Waals surface area (Å²) in [6.45, 7) is 2.84. The second-order valence-electron chi connectivity index (χ2n) is 2.69. The number of hydrogen-bond acceptors (Lipinski definition) is 1. The van der Waals surface area contributed by atoms with Crippen molar-refractivity contribution in [3.8, 4) is 0 Å². The third kappa shape index (κ3) is 3.13. The van der Waals surface area contributed by atoms with Gasteiger partial charge in [-0.3, -0.25) is 0 Å². The molecule has 0 radical (unpaired) electrons. The van der Waals surface area contributed by atoms with Crippen LogP contribution in [0.25, 0.3) is 0 Å². The fraction of sp³-hybridized carbons (Fsp3) is 0.333. The maximum atomic E-state index is 5.53. The number of rotatable bonds is 2. The summed E-state index contributed by atoms with van der Waals surface area (Å²) >= 11 is 3.39. The molecule has 0 unspecified atom stereocenters. The number of benzene rings is 1. The van der Waals surface area contributed by atoms with Gasteiger partial charge in [0.2, 0.25) is 0 Å². The molecule has 12 heavy (non-hydrogen) atoms. The smallest absolute Gasteiger partial charge is 0.0175 e. The maximum Gasteiger partial charge on any atom is 0.0175 e. The molecule has 1 atom stereocenters. The van der Waals surface area contributed by atoms with Crippen LogP contribution in [0.2, 0.25) is 0 Å². The Hall–Kier alpha value is -0.0500. The Morgan fingerprint density at radius 2 is 1.83 bits per heavy atom. The summed E-state index contributed by atoms with van der Waals surface area (Å²) in [6, 6.07) is 8.28. The van der Waals surface area contributed by atoms with Crippen molar-refractivity contribution in [2.45, 2.75) is 12.8 Å². The van der Waals surface area contributed by atoms with Crippen LogP contribution < -0.4 is 5.73 Å². The van der Waals surface area contributed by atoms with E-state index in [1.165, 1.54) is 5.56 Å². The predicted molar refractivity (Wildman–Crippen MR) is 58.9 cm³/mol. The lowest BCUT2D eigenvalue weighted by Gasteiger charge is -2.07. The second-order valence-corrected chi connectivity index (χ2v) is 3.60. The van der Waals surface area contributed by atoms with Gasteiger partial charge in [-0.2, -0.15) is 0 Å². The Balaban J connectivity index is 0.00000121. The molecule has 2 N–H and O–H groups in total. The minimum absolute atomic E-state index is 0. The lowest BCUT2D eigenvalue weighted by Crippen LogP contribution is -2.08. The normalized spacial score (nSPS) is 11.9. The Labute approximate surface area is 87.9 Å². The van der Waals surface area contributed by atoms with E-state index in [1.54, 1.807) is 0 Å². The zero-order valence-corrected chi connectivity index (χ0v) is 9.36. The SMILES string of the molecule is C[C@@H](CN)c1ccc(Br)cc1.Cl. The fourth-order valence-corrected chi connectivity index (χ4v) is 1.19. The molecule has 1 nitrogen and oxygen atoms in total. The monoisotopic (exact) mass is 249 g/mol. The summed E-state index contributed by atoms with van der Waals surface area (Å²) in [6.07, 6.45) is 0. The largest absolute Gasteiger partial charge is 0.330 e. The third-order valence-corrected chi connectivity index (χ3v) is 2.32. The molecule has 0 saturated carbocycles. The van der Waals surface area contributed by atoms with Gasteiger partial charge >= 0.3 is 0 Å². The Morgan fingerprint density at radius 3 is 2.25 bits per heavy atom. The molecule has 0 amide bonds. The Morgan fingerprint density at radius 1 is 1.33 bits per heavy atom. The lowest BCUT2D eigenvalue weighted by atomic mass is 10.0. The van der Waals surface area contributed by atoms with E-state index >= 15 is 0 Å². The zero-order chi connectivity index (χ0) is 8.27. The van der Waals surface area contributed by atoms with E-state index in [2.05, 4.69) is 35.0 Å². The van der Waals surface area contributed by atoms with Gasteiger partial charge in [0.05, 0.1) is 0 Å². The van der Waals surface area contributed by atoms with E-state index in [0.29, 0.717) is 12.5 Å². The molecule has 0 aliphatic heterocycles. The molecule has 68 valence electrons. The molecule has 0 saturated heterocycles. The molecular formula is C9H13BrClN. The highest BCUT2D eigenvalue weighted by Crippen LogP contribution is 2.16. The topological polar surface area (TPSA) is 26.0 Å². The van der Waals surface area contributed by atoms with Crippen molar-refractivity contribution in [1.29, 1.82) is 0 Å². The highest BCUT2D eigenvalue weighted by Gasteiger charge is 2.00. The summed E-state index contributed by atoms with van der Waals surface area (Å²) in [5, 5.41) is 0. The van der Waals surface area contributed by atoms with Crippen LogP contribution in [0.5, 0.6) is 0 Å². The van der Waals surface area contributed by atoms with E-state index in [0.717, 1.165) is 4.47 Å². The summed E-state index contributed by atoms with van der Waals surface area (Å²) < 4.78 is 1.12. The third-order valence-electron chi connectivity index (χ3n) is 1.79. The van der Waals surface area contributed by atoms with E-state index in [4.69, 9.17) is 5.73 Å². The van der Waals surface area contributed by atoms with Crippen LogP contribution in [0.1, 0.15) is 18.4 Å². The molecule has 0 heterocycles. The first kappa shape index (κ1) is 11.9. The van der Waals surface area contributed by atoms with Crippen molar-refractivity contribution in [2.24, 2.45) is 5.73 Å². The van der Waals surface area contributed by atoms with Crippen LogP contribution in [-0.4, -0.2) is 6.54 Å². The van der Waals surface area contributed by atoms with Crippen molar-refractivity contribution in [3.05, 3.63) is 34.3 Å². The van der Waals surface area contributed by atoms with Gasteiger partial charge in [0.1, 0.15) is 0 Å². The van der Waals surface area contributed by atoms with E-state index in [-0.39, 0.29) is 12.4 Å². The van der Waals surface area contributed by atoms with Crippen LogP contribution >= 0.6 is 28.3 Å². The van der Waals surface area contributed by atoms with Crippen molar-refractivity contribution < 1.29 is 0 Å². The van der Waals surface area contributed by atoms with Gasteiger partial charge < -0.3 is 5.73 Å². The lowest BCUT2D eigenvalue weighted by molar-refractivity contribution is 0.774. The van der Waals surface area contributed by atoms with Crippen LogP contribution in [0.3, 0.4) is 0 Å². The van der Waals surface area contributed by atoms with E-state index < -0.39 is 0 Å². The first-order valence-electron chi connectivity index (χ1n) is 3.69. The first-order valence-corrected chi connectivity index (χ1v) is 4.49. The molecular weight excluding hydrogens is 237 g/mol. The second kappa shape index (κ2) is 5.57. The van der Waals surface area contributed by atoms with Gasteiger partial charge in [0.15, 0.2) is 0 Å². The van der Waals surface area contributed by atoms with Gasteiger partial charge in [0.25, 0.3) is 0 Å². The van der Waals surface area contributed by atoms with Crippen LogP contribution in [0.15, 0.2) is 28.7 Å². The molecule has 3 heteroatoms. The molecule has 0 aliphatic carbocycles. The average Bonchev–Trinajstić information content (AvgIpc) is 2.05. The molecule has 0 bridgehead atoms. The molecule has 0 aromatic heterocycles. The summed E-state index contributed by atoms with van der Waals surface area (Å²) in [7, 11) is 0. The summed E-state index contributed by atoms with van der Waals surface area (Å²) in [5.41, 5.74) is 6.83. The first-order chi connectivity index (χ1) is 5.24. The quantitative estimate of drug-likeness (QED) is 0.858. The van der Waals surface area contributed by atoms with Crippen LogP contribution in [0.4, 0.5) is 0 Å². The summed E-state index contributed by atoms with van der Waals surface area (Å²) in [5.74, 6) is 0.461. The average molecular weight is 251 g/mol. The molecule has 1 aromatic rings. The minimum Gasteiger partial charge on any atom is -0.330 e. The molecule has 0 aliphatic rings. The van der Waals surface area contributed by atoms with Crippen LogP contribution in [-0.2, 0) is 0 Å². The number of nitrogens with two attached hydrogens (primary N) is 1. The highest BCUT2D eigenvalue weighted by molar-refractivity contribution is 9.10. The standard InChI is InChI=1S/C9H12BrN.ClH/c1-7(6-11)8-2-4-9(10)5-3-8;/h2-5,7H,6,11H2,1H3;1H/t7-;/m0./s1. The number of halogens is 2. The maximum absolute atomic E-state index is 5.53. The molecule has 0 fully saturated rings. The van der Waals surface area contributed by atoms with Crippen molar-refractivity contribution in [2.75, 3.05) is 6.54 Å². The number of hydrogen-bond donors (Lipinski definition) is 1.